The van der Waals surface area contributed by atoms with Gasteiger partial charge in [-0.15, -0.1) is 0 Å². The number of rotatable bonds is 4. The highest BCUT2D eigenvalue weighted by molar-refractivity contribution is 6.30. The molecule has 2 N–H and O–H groups in total. The van der Waals surface area contributed by atoms with Crippen LogP contribution < -0.4 is 20.3 Å². The Hall–Kier alpha value is -2.73. The minimum Gasteiger partial charge on any atom is -0.495 e. The summed E-state index contributed by atoms with van der Waals surface area (Å²) in [5, 5.41) is 6.18. The van der Waals surface area contributed by atoms with Crippen LogP contribution in [0.25, 0.3) is 0 Å². The molecule has 0 bridgehead atoms. The number of amides is 3. The van der Waals surface area contributed by atoms with Crippen molar-refractivity contribution < 1.29 is 14.3 Å². The van der Waals surface area contributed by atoms with Gasteiger partial charge in [0.25, 0.3) is 0 Å². The topological polar surface area (TPSA) is 70.7 Å². The molecule has 0 aromatic heterocycles. The number of anilines is 2. The molecule has 1 heterocycles. The second kappa shape index (κ2) is 7.44. The third-order valence-electron chi connectivity index (χ3n) is 3.95. The monoisotopic (exact) mass is 359 g/mol. The largest absolute Gasteiger partial charge is 0.495 e. The van der Waals surface area contributed by atoms with Crippen LogP contribution >= 0.6 is 11.6 Å². The molecule has 0 unspecified atom stereocenters. The van der Waals surface area contributed by atoms with Crippen molar-refractivity contribution in [1.29, 1.82) is 0 Å². The maximum absolute atomic E-state index is 12.2. The van der Waals surface area contributed by atoms with Gasteiger partial charge in [-0.05, 0) is 36.4 Å². The first kappa shape index (κ1) is 17.1. The summed E-state index contributed by atoms with van der Waals surface area (Å²) in [6.45, 7) is 0.416. The van der Waals surface area contributed by atoms with E-state index in [4.69, 9.17) is 16.3 Å². The first-order chi connectivity index (χ1) is 12.1. The van der Waals surface area contributed by atoms with Gasteiger partial charge in [-0.2, -0.15) is 0 Å². The van der Waals surface area contributed by atoms with Crippen LogP contribution in [-0.4, -0.2) is 31.6 Å². The Morgan fingerprint density at radius 1 is 1.20 bits per heavy atom. The molecule has 0 saturated carbocycles. The lowest BCUT2D eigenvalue weighted by molar-refractivity contribution is -0.117. The highest BCUT2D eigenvalue weighted by Crippen LogP contribution is 2.25. The highest BCUT2D eigenvalue weighted by Gasteiger charge is 2.31. The molecule has 7 heteroatoms. The Balaban J connectivity index is 1.61. The van der Waals surface area contributed by atoms with Crippen molar-refractivity contribution in [3.05, 3.63) is 53.6 Å². The average Bonchev–Trinajstić information content (AvgIpc) is 2.96. The number of carbonyl (C=O) groups is 2. The molecule has 6 nitrogen and oxygen atoms in total. The average molecular weight is 360 g/mol. The van der Waals surface area contributed by atoms with E-state index in [1.54, 1.807) is 47.4 Å². The van der Waals surface area contributed by atoms with Gasteiger partial charge < -0.3 is 20.3 Å². The fourth-order valence-corrected chi connectivity index (χ4v) is 2.89. The molecule has 3 rings (SSSR count). The summed E-state index contributed by atoms with van der Waals surface area (Å²) in [5.41, 5.74) is 1.34. The number of benzene rings is 2. The molecule has 1 fully saturated rings. The maximum Gasteiger partial charge on any atom is 0.319 e. The molecule has 130 valence electrons. The summed E-state index contributed by atoms with van der Waals surface area (Å²) >= 11 is 5.88. The quantitative estimate of drug-likeness (QED) is 0.880. The fraction of sp³-hybridized carbons (Fsp3) is 0.222. The van der Waals surface area contributed by atoms with Crippen LogP contribution in [0.15, 0.2) is 48.5 Å². The van der Waals surface area contributed by atoms with Gasteiger partial charge >= 0.3 is 6.03 Å². The van der Waals surface area contributed by atoms with Gasteiger partial charge in [0.05, 0.1) is 18.8 Å². The molecule has 3 amide bonds. The van der Waals surface area contributed by atoms with E-state index < -0.39 is 0 Å². The van der Waals surface area contributed by atoms with Gasteiger partial charge in [0.15, 0.2) is 0 Å². The Morgan fingerprint density at radius 3 is 2.64 bits per heavy atom. The SMILES string of the molecule is COc1ccccc1NC(=O)N[C@@H]1CC(=O)N(c2ccc(Cl)cc2)C1. The predicted molar refractivity (Wildman–Crippen MR) is 97.4 cm³/mol. The lowest BCUT2D eigenvalue weighted by Gasteiger charge is -2.18. The third-order valence-corrected chi connectivity index (χ3v) is 4.21. The second-order valence-electron chi connectivity index (χ2n) is 5.68. The van der Waals surface area contributed by atoms with Crippen molar-refractivity contribution in [2.24, 2.45) is 0 Å². The van der Waals surface area contributed by atoms with Crippen molar-refractivity contribution in [1.82, 2.24) is 5.32 Å². The molecule has 0 radical (unpaired) electrons. The number of carbonyl (C=O) groups excluding carboxylic acids is 2. The van der Waals surface area contributed by atoms with E-state index in [0.29, 0.717) is 23.0 Å². The van der Waals surface area contributed by atoms with Crippen molar-refractivity contribution in [3.63, 3.8) is 0 Å². The van der Waals surface area contributed by atoms with Gasteiger partial charge in [0.1, 0.15) is 5.75 Å². The lowest BCUT2D eigenvalue weighted by atomic mass is 10.2. The normalized spacial score (nSPS) is 16.6. The molecular formula is C18H18ClN3O3. The molecule has 25 heavy (non-hydrogen) atoms. The fourth-order valence-electron chi connectivity index (χ4n) is 2.77. The standard InChI is InChI=1S/C18H18ClN3O3/c1-25-16-5-3-2-4-15(16)21-18(24)20-13-10-17(23)22(11-13)14-8-6-12(19)7-9-14/h2-9,13H,10-11H2,1H3,(H2,20,21,24)/t13-/m1/s1. The Bertz CT molecular complexity index is 779. The van der Waals surface area contributed by atoms with Crippen LogP contribution in [0, 0.1) is 0 Å². The van der Waals surface area contributed by atoms with Gasteiger partial charge in [0.2, 0.25) is 5.91 Å². The number of urea groups is 1. The third kappa shape index (κ3) is 4.03. The molecule has 1 saturated heterocycles. The van der Waals surface area contributed by atoms with E-state index in [0.717, 1.165) is 5.69 Å². The number of halogens is 1. The van der Waals surface area contributed by atoms with E-state index in [1.165, 1.54) is 7.11 Å². The van der Waals surface area contributed by atoms with Gasteiger partial charge in [-0.1, -0.05) is 23.7 Å². The maximum atomic E-state index is 12.2. The number of ether oxygens (including phenoxy) is 1. The first-order valence-electron chi connectivity index (χ1n) is 7.83. The molecule has 1 aliphatic rings. The Labute approximate surface area is 150 Å². The van der Waals surface area contributed by atoms with Crippen molar-refractivity contribution in [2.75, 3.05) is 23.9 Å². The molecule has 0 aliphatic carbocycles. The van der Waals surface area contributed by atoms with Crippen LogP contribution in [0.2, 0.25) is 5.02 Å². The molecule has 0 spiro atoms. The number of nitrogens with zero attached hydrogens (tertiary/aromatic N) is 1. The molecular weight excluding hydrogens is 342 g/mol. The van der Waals surface area contributed by atoms with Crippen LogP contribution in [0.5, 0.6) is 5.75 Å². The summed E-state index contributed by atoms with van der Waals surface area (Å²) in [6, 6.07) is 13.5. The number of hydrogen-bond acceptors (Lipinski definition) is 3. The van der Waals surface area contributed by atoms with Crippen LogP contribution in [0.3, 0.4) is 0 Å². The summed E-state index contributed by atoms with van der Waals surface area (Å²) < 4.78 is 5.20. The minimum absolute atomic E-state index is 0.0371. The number of hydrogen-bond donors (Lipinski definition) is 2. The molecule has 1 aliphatic heterocycles. The van der Waals surface area contributed by atoms with E-state index in [9.17, 15) is 9.59 Å². The highest BCUT2D eigenvalue weighted by atomic mass is 35.5. The predicted octanol–water partition coefficient (Wildman–Crippen LogP) is 3.28. The number of nitrogens with one attached hydrogen (secondary N) is 2. The zero-order valence-electron chi connectivity index (χ0n) is 13.7. The van der Waals surface area contributed by atoms with Gasteiger partial charge in [-0.3, -0.25) is 4.79 Å². The van der Waals surface area contributed by atoms with E-state index in [-0.39, 0.29) is 24.4 Å². The minimum atomic E-state index is -0.375. The van der Waals surface area contributed by atoms with Crippen molar-refractivity contribution in [3.8, 4) is 5.75 Å². The van der Waals surface area contributed by atoms with E-state index in [1.807, 2.05) is 6.07 Å². The van der Waals surface area contributed by atoms with Gasteiger partial charge in [-0.25, -0.2) is 4.79 Å². The van der Waals surface area contributed by atoms with Crippen molar-refractivity contribution >= 4 is 34.9 Å². The van der Waals surface area contributed by atoms with Crippen LogP contribution in [0.4, 0.5) is 16.2 Å². The second-order valence-corrected chi connectivity index (χ2v) is 6.12. The van der Waals surface area contributed by atoms with Crippen LogP contribution in [0.1, 0.15) is 6.42 Å². The van der Waals surface area contributed by atoms with Crippen LogP contribution in [-0.2, 0) is 4.79 Å². The van der Waals surface area contributed by atoms with E-state index >= 15 is 0 Å². The zero-order chi connectivity index (χ0) is 17.8. The molecule has 2 aromatic rings. The molecule has 1 atom stereocenters. The number of methoxy groups -OCH3 is 1. The Morgan fingerprint density at radius 2 is 1.92 bits per heavy atom. The number of para-hydroxylation sites is 2. The summed E-state index contributed by atoms with van der Waals surface area (Å²) in [7, 11) is 1.54. The molecule has 2 aromatic carbocycles. The summed E-state index contributed by atoms with van der Waals surface area (Å²) in [4.78, 5) is 26.1. The summed E-state index contributed by atoms with van der Waals surface area (Å²) in [5.74, 6) is 0.535. The van der Waals surface area contributed by atoms with E-state index in [2.05, 4.69) is 10.6 Å². The van der Waals surface area contributed by atoms with Gasteiger partial charge in [0, 0.05) is 23.7 Å². The zero-order valence-corrected chi connectivity index (χ0v) is 14.4. The van der Waals surface area contributed by atoms with Crippen molar-refractivity contribution in [2.45, 2.75) is 12.5 Å². The Kier molecular flexibility index (Phi) is 5.09. The first-order valence-corrected chi connectivity index (χ1v) is 8.21. The lowest BCUT2D eigenvalue weighted by Crippen LogP contribution is -2.39. The smallest absolute Gasteiger partial charge is 0.319 e. The summed E-state index contributed by atoms with van der Waals surface area (Å²) in [6.07, 6.45) is 0.252.